The minimum atomic E-state index is -2.43. The van der Waals surface area contributed by atoms with Gasteiger partial charge < -0.3 is 10.4 Å². The second-order valence-electron chi connectivity index (χ2n) is 3.78. The highest BCUT2D eigenvalue weighted by Crippen LogP contribution is 2.28. The average Bonchev–Trinajstić information content (AvgIpc) is 2.81. The molecule has 0 amide bonds. The van der Waals surface area contributed by atoms with Gasteiger partial charge in [-0.2, -0.15) is 0 Å². The quantitative estimate of drug-likeness (QED) is 0.750. The molecule has 0 spiro atoms. The molecule has 1 aliphatic rings. The second-order valence-corrected chi connectivity index (χ2v) is 3.78. The molecule has 0 aromatic heterocycles. The maximum atomic E-state index is 10.7. The minimum absolute atomic E-state index is 0.405. The first kappa shape index (κ1) is 6.59. The molecule has 0 aliphatic carbocycles. The van der Waals surface area contributed by atoms with Gasteiger partial charge in [0.25, 0.3) is 0 Å². The van der Waals surface area contributed by atoms with Crippen molar-refractivity contribution in [3.8, 4) is 0 Å². The third-order valence-electron chi connectivity index (χ3n) is 2.78. The zero-order chi connectivity index (χ0) is 12.5. The topological polar surface area (TPSA) is 32.3 Å². The summed E-state index contributed by atoms with van der Waals surface area (Å²) in [6.07, 6.45) is 1.58. The zero-order valence-electron chi connectivity index (χ0n) is 11.0. The van der Waals surface area contributed by atoms with Gasteiger partial charge in [-0.15, -0.1) is 0 Å². The first-order valence-electron chi connectivity index (χ1n) is 6.47. The van der Waals surface area contributed by atoms with E-state index in [1.165, 1.54) is 0 Å². The highest BCUT2D eigenvalue weighted by molar-refractivity contribution is 5.23. The number of nitrogens with one attached hydrogen (secondary N) is 1. The van der Waals surface area contributed by atoms with Crippen LogP contribution in [0.2, 0.25) is 0 Å². The Morgan fingerprint density at radius 2 is 2.29 bits per heavy atom. The molecule has 1 saturated heterocycles. The summed E-state index contributed by atoms with van der Waals surface area (Å²) in [5.41, 5.74) is -1.34. The summed E-state index contributed by atoms with van der Waals surface area (Å²) in [6, 6.07) is 8.25. The van der Waals surface area contributed by atoms with E-state index in [-0.39, 0.29) is 0 Å². The normalized spacial score (nSPS) is 30.1. The van der Waals surface area contributed by atoms with Crippen molar-refractivity contribution < 1.29 is 9.22 Å². The van der Waals surface area contributed by atoms with Gasteiger partial charge in [0, 0.05) is 10.2 Å². The van der Waals surface area contributed by atoms with Crippen LogP contribution in [0.15, 0.2) is 30.3 Å². The monoisotopic (exact) mass is 194 g/mol. The third kappa shape index (κ3) is 1.68. The number of aliphatic hydroxyl groups is 1. The van der Waals surface area contributed by atoms with E-state index in [0.717, 1.165) is 13.0 Å². The lowest BCUT2D eigenvalue weighted by Crippen LogP contribution is -2.42. The summed E-state index contributed by atoms with van der Waals surface area (Å²) in [6.45, 7) is -1.67. The van der Waals surface area contributed by atoms with Crippen molar-refractivity contribution in [1.82, 2.24) is 5.32 Å². The molecule has 1 aromatic carbocycles. The van der Waals surface area contributed by atoms with Crippen LogP contribution < -0.4 is 5.32 Å². The van der Waals surface area contributed by atoms with Gasteiger partial charge in [-0.05, 0) is 31.8 Å². The molecule has 2 heteroatoms. The van der Waals surface area contributed by atoms with Crippen molar-refractivity contribution in [2.45, 2.75) is 31.3 Å². The Hall–Kier alpha value is -0.860. The Morgan fingerprint density at radius 3 is 2.86 bits per heavy atom. The van der Waals surface area contributed by atoms with Gasteiger partial charge in [0.05, 0.1) is 0 Å². The maximum Gasteiger partial charge on any atom is 0.102 e. The molecular formula is C12H17NO. The van der Waals surface area contributed by atoms with Crippen LogP contribution in [-0.4, -0.2) is 17.7 Å². The van der Waals surface area contributed by atoms with Gasteiger partial charge in [-0.1, -0.05) is 30.3 Å². The number of hydrogen-bond donors (Lipinski definition) is 2. The van der Waals surface area contributed by atoms with E-state index >= 15 is 0 Å². The molecule has 1 fully saturated rings. The lowest BCUT2D eigenvalue weighted by molar-refractivity contribution is 0.0218. The summed E-state index contributed by atoms with van der Waals surface area (Å²) in [5.74, 6) is 0. The molecule has 0 saturated carbocycles. The molecule has 2 atom stereocenters. The summed E-state index contributed by atoms with van der Waals surface area (Å²) >= 11 is 0. The van der Waals surface area contributed by atoms with E-state index in [4.69, 9.17) is 4.11 Å². The van der Waals surface area contributed by atoms with Gasteiger partial charge in [0.1, 0.15) is 5.60 Å². The Balaban J connectivity index is 2.44. The third-order valence-corrected chi connectivity index (χ3v) is 2.78. The van der Waals surface area contributed by atoms with Crippen LogP contribution in [0.25, 0.3) is 0 Å². The van der Waals surface area contributed by atoms with Gasteiger partial charge in [0.15, 0.2) is 0 Å². The van der Waals surface area contributed by atoms with Crippen LogP contribution in [0, 0.1) is 0 Å². The Kier molecular flexibility index (Phi) is 1.75. The van der Waals surface area contributed by atoms with Crippen molar-refractivity contribution >= 4 is 0 Å². The summed E-state index contributed by atoms with van der Waals surface area (Å²) in [4.78, 5) is 0. The predicted octanol–water partition coefficient (Wildman–Crippen LogP) is 1.65. The first-order chi connectivity index (χ1) is 7.96. The summed E-state index contributed by atoms with van der Waals surface area (Å²) in [7, 11) is 0. The van der Waals surface area contributed by atoms with Crippen LogP contribution in [0.5, 0.6) is 0 Å². The lowest BCUT2D eigenvalue weighted by atomic mass is 9.87. The molecule has 2 rings (SSSR count). The van der Waals surface area contributed by atoms with Crippen molar-refractivity contribution in [1.29, 1.82) is 0 Å². The Bertz CT molecular complexity index is 373. The highest BCUT2D eigenvalue weighted by Gasteiger charge is 2.34. The van der Waals surface area contributed by atoms with Crippen LogP contribution in [0.4, 0.5) is 0 Å². The van der Waals surface area contributed by atoms with E-state index in [9.17, 15) is 5.11 Å². The van der Waals surface area contributed by atoms with Crippen LogP contribution in [0.3, 0.4) is 0 Å². The van der Waals surface area contributed by atoms with E-state index in [0.29, 0.717) is 12.0 Å². The molecule has 1 aliphatic heterocycles. The fraction of sp³-hybridized carbons (Fsp3) is 0.500. The van der Waals surface area contributed by atoms with Gasteiger partial charge >= 0.3 is 0 Å². The number of rotatable bonds is 2. The Labute approximate surface area is 89.2 Å². The molecule has 1 aromatic rings. The Morgan fingerprint density at radius 1 is 1.50 bits per heavy atom. The molecule has 2 nitrogen and oxygen atoms in total. The van der Waals surface area contributed by atoms with Crippen LogP contribution in [-0.2, 0) is 5.60 Å². The standard InChI is InChI=1S/C12H17NO/c1-12(14,11-8-5-9-13-11)10-6-3-2-4-7-10/h2-4,6-7,11,13-14H,5,8-9H2,1H3/t11-,12+/m0/s1/i1D3. The molecule has 14 heavy (non-hydrogen) atoms. The van der Waals surface area contributed by atoms with Gasteiger partial charge in [-0.3, -0.25) is 0 Å². The van der Waals surface area contributed by atoms with Crippen molar-refractivity contribution in [2.75, 3.05) is 6.54 Å². The lowest BCUT2D eigenvalue weighted by Gasteiger charge is -2.30. The molecule has 0 unspecified atom stereocenters. The minimum Gasteiger partial charge on any atom is -0.384 e. The van der Waals surface area contributed by atoms with Crippen molar-refractivity contribution in [3.63, 3.8) is 0 Å². The van der Waals surface area contributed by atoms with E-state index < -0.39 is 18.5 Å². The first-order valence-corrected chi connectivity index (χ1v) is 4.97. The molecule has 0 radical (unpaired) electrons. The molecular weight excluding hydrogens is 174 g/mol. The van der Waals surface area contributed by atoms with Crippen molar-refractivity contribution in [3.05, 3.63) is 35.9 Å². The van der Waals surface area contributed by atoms with Gasteiger partial charge in [-0.25, -0.2) is 0 Å². The second kappa shape index (κ2) is 3.71. The average molecular weight is 194 g/mol. The highest BCUT2D eigenvalue weighted by atomic mass is 16.3. The maximum absolute atomic E-state index is 10.7. The zero-order valence-corrected chi connectivity index (χ0v) is 8.03. The summed E-state index contributed by atoms with van der Waals surface area (Å²) < 4.78 is 22.9. The van der Waals surface area contributed by atoms with Crippen molar-refractivity contribution in [2.24, 2.45) is 0 Å². The summed E-state index contributed by atoms with van der Waals surface area (Å²) in [5, 5.41) is 13.8. The number of hydrogen-bond acceptors (Lipinski definition) is 2. The SMILES string of the molecule is [2H]C([2H])([2H])[C@@](O)(c1ccccc1)[C@@H]1CCCN1. The predicted molar refractivity (Wildman–Crippen MR) is 57.0 cm³/mol. The van der Waals surface area contributed by atoms with E-state index in [1.807, 2.05) is 6.07 Å². The van der Waals surface area contributed by atoms with Crippen LogP contribution in [0.1, 0.15) is 29.4 Å². The molecule has 1 heterocycles. The smallest absolute Gasteiger partial charge is 0.102 e. The number of benzene rings is 1. The fourth-order valence-electron chi connectivity index (χ4n) is 1.93. The molecule has 76 valence electrons. The van der Waals surface area contributed by atoms with E-state index in [1.54, 1.807) is 24.3 Å². The molecule has 0 bridgehead atoms. The van der Waals surface area contributed by atoms with Crippen LogP contribution >= 0.6 is 0 Å². The van der Waals surface area contributed by atoms with Gasteiger partial charge in [0.2, 0.25) is 0 Å². The largest absolute Gasteiger partial charge is 0.384 e. The van der Waals surface area contributed by atoms with E-state index in [2.05, 4.69) is 5.32 Å². The molecule has 2 N–H and O–H groups in total. The fourth-order valence-corrected chi connectivity index (χ4v) is 1.93.